The van der Waals surface area contributed by atoms with Gasteiger partial charge in [-0.15, -0.1) is 0 Å². The zero-order valence-corrected chi connectivity index (χ0v) is 18.3. The lowest BCUT2D eigenvalue weighted by Gasteiger charge is -2.33. The molecule has 158 valence electrons. The Balaban J connectivity index is 1.60. The first-order valence-electron chi connectivity index (χ1n) is 10.8. The Morgan fingerprint density at radius 3 is 2.66 bits per heavy atom. The molecule has 1 aromatic carbocycles. The van der Waals surface area contributed by atoms with Gasteiger partial charge in [0.2, 0.25) is 17.6 Å². The van der Waals surface area contributed by atoms with E-state index in [9.17, 15) is 4.79 Å². The van der Waals surface area contributed by atoms with E-state index in [0.29, 0.717) is 30.1 Å². The summed E-state index contributed by atoms with van der Waals surface area (Å²) in [4.78, 5) is 19.7. The number of carbonyl (C=O) groups is 1. The maximum absolute atomic E-state index is 12.9. The van der Waals surface area contributed by atoms with E-state index in [-0.39, 0.29) is 17.9 Å². The molecule has 1 unspecified atom stereocenters. The smallest absolute Gasteiger partial charge is 0.241 e. The molecule has 1 N–H and O–H groups in total. The first kappa shape index (κ1) is 21.5. The van der Waals surface area contributed by atoms with Crippen LogP contribution < -0.4 is 5.32 Å². The fourth-order valence-electron chi connectivity index (χ4n) is 4.24. The monoisotopic (exact) mass is 398 g/mol. The number of benzene rings is 1. The van der Waals surface area contributed by atoms with Crippen molar-refractivity contribution in [3.8, 4) is 11.4 Å². The first-order valence-corrected chi connectivity index (χ1v) is 10.8. The van der Waals surface area contributed by atoms with Crippen molar-refractivity contribution in [3.63, 3.8) is 0 Å². The molecule has 29 heavy (non-hydrogen) atoms. The van der Waals surface area contributed by atoms with Gasteiger partial charge >= 0.3 is 0 Å². The lowest BCUT2D eigenvalue weighted by molar-refractivity contribution is -0.128. The summed E-state index contributed by atoms with van der Waals surface area (Å²) < 4.78 is 5.50. The van der Waals surface area contributed by atoms with Crippen molar-refractivity contribution >= 4 is 5.91 Å². The molecular weight excluding hydrogens is 364 g/mol. The molecule has 2 aromatic rings. The zero-order chi connectivity index (χ0) is 21.0. The minimum Gasteiger partial charge on any atom is -0.353 e. The number of aromatic nitrogens is 2. The molecule has 1 atom stereocenters. The Labute approximate surface area is 174 Å². The Morgan fingerprint density at radius 1 is 1.24 bits per heavy atom. The normalized spacial score (nSPS) is 18.0. The Kier molecular flexibility index (Phi) is 7.06. The van der Waals surface area contributed by atoms with Gasteiger partial charge < -0.3 is 9.84 Å². The molecule has 0 bridgehead atoms. The lowest BCUT2D eigenvalue weighted by atomic mass is 9.91. The van der Waals surface area contributed by atoms with Gasteiger partial charge in [0, 0.05) is 18.2 Å². The molecule has 2 heterocycles. The van der Waals surface area contributed by atoms with Crippen LogP contribution in [0, 0.1) is 24.7 Å². The van der Waals surface area contributed by atoms with Gasteiger partial charge in [0.1, 0.15) is 0 Å². The summed E-state index contributed by atoms with van der Waals surface area (Å²) in [5.41, 5.74) is 2.12. The van der Waals surface area contributed by atoms with Gasteiger partial charge in [0.05, 0.1) is 12.5 Å². The Bertz CT molecular complexity index is 807. The van der Waals surface area contributed by atoms with Crippen molar-refractivity contribution in [2.75, 3.05) is 13.1 Å². The fourth-order valence-corrected chi connectivity index (χ4v) is 4.24. The molecule has 0 radical (unpaired) electrons. The molecule has 1 amide bonds. The van der Waals surface area contributed by atoms with Crippen molar-refractivity contribution in [3.05, 3.63) is 35.7 Å². The van der Waals surface area contributed by atoms with Crippen molar-refractivity contribution in [1.29, 1.82) is 0 Å². The van der Waals surface area contributed by atoms with E-state index in [1.54, 1.807) is 0 Å². The van der Waals surface area contributed by atoms with Gasteiger partial charge in [-0.3, -0.25) is 9.69 Å². The first-order chi connectivity index (χ1) is 13.8. The van der Waals surface area contributed by atoms with E-state index in [1.165, 1.54) is 0 Å². The highest BCUT2D eigenvalue weighted by Gasteiger charge is 2.29. The van der Waals surface area contributed by atoms with Crippen LogP contribution in [0.5, 0.6) is 0 Å². The number of amides is 1. The Hall–Kier alpha value is -2.21. The number of nitrogens with one attached hydrogen (secondary N) is 1. The van der Waals surface area contributed by atoms with E-state index in [0.717, 1.165) is 37.1 Å². The zero-order valence-electron chi connectivity index (χ0n) is 18.3. The molecule has 0 saturated carbocycles. The van der Waals surface area contributed by atoms with Crippen LogP contribution in [-0.4, -0.2) is 40.1 Å². The van der Waals surface area contributed by atoms with Crippen molar-refractivity contribution < 1.29 is 9.32 Å². The van der Waals surface area contributed by atoms with Gasteiger partial charge in [-0.25, -0.2) is 0 Å². The van der Waals surface area contributed by atoms with Crippen LogP contribution in [0.25, 0.3) is 11.4 Å². The van der Waals surface area contributed by atoms with Gasteiger partial charge in [-0.05, 0) is 43.7 Å². The van der Waals surface area contributed by atoms with Crippen molar-refractivity contribution in [2.45, 2.75) is 60.0 Å². The molecule has 1 aliphatic heterocycles. The Morgan fingerprint density at radius 2 is 1.97 bits per heavy atom. The highest BCUT2D eigenvalue weighted by atomic mass is 16.5. The second-order valence-electron chi connectivity index (χ2n) is 8.92. The molecule has 6 nitrogen and oxygen atoms in total. The van der Waals surface area contributed by atoms with Crippen LogP contribution >= 0.6 is 0 Å². The van der Waals surface area contributed by atoms with Crippen LogP contribution in [0.15, 0.2) is 28.8 Å². The number of likely N-dealkylation sites (tertiary alicyclic amines) is 1. The van der Waals surface area contributed by atoms with Crippen LogP contribution in [0.3, 0.4) is 0 Å². The van der Waals surface area contributed by atoms with Gasteiger partial charge in [0.25, 0.3) is 0 Å². The predicted molar refractivity (Wildman–Crippen MR) is 114 cm³/mol. The maximum Gasteiger partial charge on any atom is 0.241 e. The summed E-state index contributed by atoms with van der Waals surface area (Å²) >= 11 is 0. The molecule has 1 saturated heterocycles. The molecule has 0 spiro atoms. The lowest BCUT2D eigenvalue weighted by Crippen LogP contribution is -2.48. The molecule has 6 heteroatoms. The number of nitrogens with zero attached hydrogens (tertiary/aromatic N) is 3. The average Bonchev–Trinajstić information content (AvgIpc) is 3.14. The van der Waals surface area contributed by atoms with Crippen LogP contribution in [0.1, 0.15) is 52.0 Å². The third kappa shape index (κ3) is 5.44. The van der Waals surface area contributed by atoms with Gasteiger partial charge in [-0.1, -0.05) is 57.1 Å². The number of hydrogen-bond donors (Lipinski definition) is 1. The second kappa shape index (κ2) is 9.53. The van der Waals surface area contributed by atoms with E-state index >= 15 is 0 Å². The van der Waals surface area contributed by atoms with Crippen molar-refractivity contribution in [2.24, 2.45) is 17.8 Å². The van der Waals surface area contributed by atoms with Crippen LogP contribution in [0.4, 0.5) is 0 Å². The second-order valence-corrected chi connectivity index (χ2v) is 8.92. The number of aryl methyl sites for hydroxylation is 1. The summed E-state index contributed by atoms with van der Waals surface area (Å²) in [5.74, 6) is 2.28. The van der Waals surface area contributed by atoms with E-state index in [1.807, 2.05) is 31.2 Å². The largest absolute Gasteiger partial charge is 0.353 e. The molecule has 1 aliphatic rings. The average molecular weight is 399 g/mol. The third-order valence-electron chi connectivity index (χ3n) is 5.83. The molecule has 1 fully saturated rings. The fraction of sp³-hybridized carbons (Fsp3) is 0.609. The van der Waals surface area contributed by atoms with Crippen LogP contribution in [-0.2, 0) is 11.3 Å². The number of rotatable bonds is 7. The summed E-state index contributed by atoms with van der Waals surface area (Å²) in [6, 6.07) is 8.24. The third-order valence-corrected chi connectivity index (χ3v) is 5.83. The topological polar surface area (TPSA) is 71.3 Å². The summed E-state index contributed by atoms with van der Waals surface area (Å²) in [7, 11) is 0. The highest BCUT2D eigenvalue weighted by Crippen LogP contribution is 2.23. The standard InChI is InChI=1S/C23H34N4O2/c1-15(2)21(16(3)4)25-23(28)18-10-8-12-27(13-18)14-20-24-22(26-29-20)19-11-7-6-9-17(19)5/h6-7,9,11,15-16,18,21H,8,10,12-14H2,1-5H3,(H,25,28). The van der Waals surface area contributed by atoms with Crippen LogP contribution in [0.2, 0.25) is 0 Å². The number of hydrogen-bond acceptors (Lipinski definition) is 5. The minimum absolute atomic E-state index is 0.0162. The quantitative estimate of drug-likeness (QED) is 0.762. The van der Waals surface area contributed by atoms with E-state index < -0.39 is 0 Å². The molecule has 0 aliphatic carbocycles. The summed E-state index contributed by atoms with van der Waals surface area (Å²) in [6.45, 7) is 13.0. The number of carbonyl (C=O) groups excluding carboxylic acids is 1. The summed E-state index contributed by atoms with van der Waals surface area (Å²) in [6.07, 6.45) is 1.94. The SMILES string of the molecule is Cc1ccccc1-c1noc(CN2CCCC(C(=O)NC(C(C)C)C(C)C)C2)n1. The number of piperidine rings is 1. The minimum atomic E-state index is 0.0162. The maximum atomic E-state index is 12.9. The molecule has 3 rings (SSSR count). The van der Waals surface area contributed by atoms with Gasteiger partial charge in [0.15, 0.2) is 0 Å². The van der Waals surface area contributed by atoms with E-state index in [4.69, 9.17) is 4.52 Å². The molecular formula is C23H34N4O2. The molecule has 1 aromatic heterocycles. The van der Waals surface area contributed by atoms with Crippen molar-refractivity contribution in [1.82, 2.24) is 20.4 Å². The van der Waals surface area contributed by atoms with E-state index in [2.05, 4.69) is 48.1 Å². The van der Waals surface area contributed by atoms with Gasteiger partial charge in [-0.2, -0.15) is 4.98 Å². The summed E-state index contributed by atoms with van der Waals surface area (Å²) in [5, 5.41) is 7.44. The predicted octanol–water partition coefficient (Wildman–Crippen LogP) is 4.05. The highest BCUT2D eigenvalue weighted by molar-refractivity contribution is 5.79.